The van der Waals surface area contributed by atoms with Crippen LogP contribution in [0.4, 0.5) is 0 Å². The SMILES string of the molecule is COc1ccc(-c2ccc(=O)n(CCCCc3ccccc3)c2)cc1. The van der Waals surface area contributed by atoms with Crippen molar-refractivity contribution in [1.82, 2.24) is 4.57 Å². The number of aryl methyl sites for hydroxylation is 2. The fourth-order valence-corrected chi connectivity index (χ4v) is 2.92. The molecule has 1 aromatic heterocycles. The first kappa shape index (κ1) is 17.0. The lowest BCUT2D eigenvalue weighted by molar-refractivity contribution is 0.415. The Labute approximate surface area is 148 Å². The second-order valence-corrected chi connectivity index (χ2v) is 6.12. The molecule has 0 fully saturated rings. The minimum atomic E-state index is 0.0528. The van der Waals surface area contributed by atoms with Gasteiger partial charge in [0.2, 0.25) is 0 Å². The molecule has 0 aliphatic carbocycles. The molecule has 3 heteroatoms. The van der Waals surface area contributed by atoms with Crippen LogP contribution in [-0.2, 0) is 13.0 Å². The van der Waals surface area contributed by atoms with Crippen molar-refractivity contribution in [3.63, 3.8) is 0 Å². The Balaban J connectivity index is 1.64. The monoisotopic (exact) mass is 333 g/mol. The van der Waals surface area contributed by atoms with E-state index in [2.05, 4.69) is 24.3 Å². The van der Waals surface area contributed by atoms with Gasteiger partial charge < -0.3 is 9.30 Å². The minimum Gasteiger partial charge on any atom is -0.497 e. The van der Waals surface area contributed by atoms with Crippen LogP contribution in [0.5, 0.6) is 5.75 Å². The van der Waals surface area contributed by atoms with Gasteiger partial charge in [-0.1, -0.05) is 42.5 Å². The zero-order valence-corrected chi connectivity index (χ0v) is 14.5. The predicted octanol–water partition coefficient (Wildman–Crippen LogP) is 4.55. The summed E-state index contributed by atoms with van der Waals surface area (Å²) in [6, 6.07) is 21.9. The molecule has 25 heavy (non-hydrogen) atoms. The van der Waals surface area contributed by atoms with Gasteiger partial charge in [-0.3, -0.25) is 4.79 Å². The van der Waals surface area contributed by atoms with Crippen molar-refractivity contribution in [3.05, 3.63) is 88.8 Å². The average molecular weight is 333 g/mol. The van der Waals surface area contributed by atoms with E-state index in [1.54, 1.807) is 13.2 Å². The third kappa shape index (κ3) is 4.60. The molecule has 0 aliphatic heterocycles. The zero-order valence-electron chi connectivity index (χ0n) is 14.5. The van der Waals surface area contributed by atoms with Crippen molar-refractivity contribution in [3.8, 4) is 16.9 Å². The van der Waals surface area contributed by atoms with Crippen LogP contribution in [0.1, 0.15) is 18.4 Å². The van der Waals surface area contributed by atoms with Gasteiger partial charge in [0.05, 0.1) is 7.11 Å². The van der Waals surface area contributed by atoms with Crippen molar-refractivity contribution < 1.29 is 4.74 Å². The van der Waals surface area contributed by atoms with Crippen molar-refractivity contribution in [2.45, 2.75) is 25.8 Å². The molecule has 0 spiro atoms. The second-order valence-electron chi connectivity index (χ2n) is 6.12. The molecule has 0 saturated carbocycles. The Morgan fingerprint density at radius 2 is 1.56 bits per heavy atom. The molecule has 3 rings (SSSR count). The van der Waals surface area contributed by atoms with Crippen LogP contribution in [0.3, 0.4) is 0 Å². The fraction of sp³-hybridized carbons (Fsp3) is 0.227. The van der Waals surface area contributed by atoms with Gasteiger partial charge >= 0.3 is 0 Å². The smallest absolute Gasteiger partial charge is 0.250 e. The standard InChI is InChI=1S/C22H23NO2/c1-25-21-13-10-19(11-14-21)20-12-15-22(24)23(17-20)16-6-5-9-18-7-3-2-4-8-18/h2-4,7-8,10-15,17H,5-6,9,16H2,1H3. The largest absolute Gasteiger partial charge is 0.497 e. The van der Waals surface area contributed by atoms with E-state index in [-0.39, 0.29) is 5.56 Å². The molecule has 0 amide bonds. The molecule has 0 saturated heterocycles. The van der Waals surface area contributed by atoms with Crippen LogP contribution in [-0.4, -0.2) is 11.7 Å². The Bertz CT molecular complexity index is 851. The fourth-order valence-electron chi connectivity index (χ4n) is 2.92. The van der Waals surface area contributed by atoms with Crippen LogP contribution in [0.2, 0.25) is 0 Å². The lowest BCUT2D eigenvalue weighted by Crippen LogP contribution is -2.18. The van der Waals surface area contributed by atoms with Crippen LogP contribution < -0.4 is 10.3 Å². The highest BCUT2D eigenvalue weighted by Gasteiger charge is 2.03. The molecule has 1 heterocycles. The van der Waals surface area contributed by atoms with Gasteiger partial charge in [0.15, 0.2) is 0 Å². The number of rotatable bonds is 7. The highest BCUT2D eigenvalue weighted by Crippen LogP contribution is 2.21. The summed E-state index contributed by atoms with van der Waals surface area (Å²) in [5.74, 6) is 0.831. The molecule has 0 radical (unpaired) electrons. The molecule has 0 atom stereocenters. The van der Waals surface area contributed by atoms with Gasteiger partial charge in [-0.05, 0) is 54.2 Å². The van der Waals surface area contributed by atoms with Gasteiger partial charge in [0, 0.05) is 18.8 Å². The Kier molecular flexibility index (Phi) is 5.68. The summed E-state index contributed by atoms with van der Waals surface area (Å²) in [5, 5.41) is 0. The van der Waals surface area contributed by atoms with Crippen molar-refractivity contribution in [1.29, 1.82) is 0 Å². The second kappa shape index (κ2) is 8.34. The first-order valence-electron chi connectivity index (χ1n) is 8.65. The van der Waals surface area contributed by atoms with E-state index in [1.807, 2.05) is 47.2 Å². The molecule has 0 N–H and O–H groups in total. The van der Waals surface area contributed by atoms with Crippen LogP contribution in [0, 0.1) is 0 Å². The van der Waals surface area contributed by atoms with E-state index in [4.69, 9.17) is 4.74 Å². The molecule has 0 bridgehead atoms. The number of pyridine rings is 1. The first-order valence-corrected chi connectivity index (χ1v) is 8.65. The third-order valence-corrected chi connectivity index (χ3v) is 4.36. The predicted molar refractivity (Wildman–Crippen MR) is 102 cm³/mol. The Morgan fingerprint density at radius 1 is 0.840 bits per heavy atom. The summed E-state index contributed by atoms with van der Waals surface area (Å²) < 4.78 is 7.00. The van der Waals surface area contributed by atoms with E-state index < -0.39 is 0 Å². The molecular formula is C22H23NO2. The van der Waals surface area contributed by atoms with Crippen molar-refractivity contribution >= 4 is 0 Å². The number of unbranched alkanes of at least 4 members (excludes halogenated alkanes) is 1. The number of hydrogen-bond donors (Lipinski definition) is 0. The summed E-state index contributed by atoms with van der Waals surface area (Å²) in [6.45, 7) is 0.746. The summed E-state index contributed by atoms with van der Waals surface area (Å²) in [4.78, 5) is 12.1. The van der Waals surface area contributed by atoms with Gasteiger partial charge in [0.25, 0.3) is 5.56 Å². The average Bonchev–Trinajstić information content (AvgIpc) is 2.67. The summed E-state index contributed by atoms with van der Waals surface area (Å²) in [7, 11) is 1.66. The topological polar surface area (TPSA) is 31.2 Å². The molecular weight excluding hydrogens is 310 g/mol. The van der Waals surface area contributed by atoms with Gasteiger partial charge in [-0.25, -0.2) is 0 Å². The first-order chi connectivity index (χ1) is 12.3. The Morgan fingerprint density at radius 3 is 2.28 bits per heavy atom. The van der Waals surface area contributed by atoms with Crippen LogP contribution in [0.25, 0.3) is 11.1 Å². The number of benzene rings is 2. The van der Waals surface area contributed by atoms with E-state index in [9.17, 15) is 4.79 Å². The normalized spacial score (nSPS) is 10.6. The molecule has 0 unspecified atom stereocenters. The van der Waals surface area contributed by atoms with Crippen molar-refractivity contribution in [2.75, 3.05) is 7.11 Å². The van der Waals surface area contributed by atoms with Crippen LogP contribution >= 0.6 is 0 Å². The lowest BCUT2D eigenvalue weighted by atomic mass is 10.1. The number of hydrogen-bond acceptors (Lipinski definition) is 2. The van der Waals surface area contributed by atoms with E-state index in [0.717, 1.165) is 42.7 Å². The third-order valence-electron chi connectivity index (χ3n) is 4.36. The maximum atomic E-state index is 12.1. The minimum absolute atomic E-state index is 0.0528. The van der Waals surface area contributed by atoms with Crippen molar-refractivity contribution in [2.24, 2.45) is 0 Å². The zero-order chi connectivity index (χ0) is 17.5. The van der Waals surface area contributed by atoms with Gasteiger partial charge in [0.1, 0.15) is 5.75 Å². The van der Waals surface area contributed by atoms with Gasteiger partial charge in [-0.2, -0.15) is 0 Å². The number of methoxy groups -OCH3 is 1. The lowest BCUT2D eigenvalue weighted by Gasteiger charge is -2.09. The highest BCUT2D eigenvalue weighted by molar-refractivity contribution is 5.63. The molecule has 128 valence electrons. The van der Waals surface area contributed by atoms with Crippen LogP contribution in [0.15, 0.2) is 77.7 Å². The number of aromatic nitrogens is 1. The quantitative estimate of drug-likeness (QED) is 0.594. The molecule has 0 aliphatic rings. The highest BCUT2D eigenvalue weighted by atomic mass is 16.5. The van der Waals surface area contributed by atoms with E-state index in [1.165, 1.54) is 5.56 Å². The molecule has 3 aromatic rings. The summed E-state index contributed by atoms with van der Waals surface area (Å²) in [6.07, 6.45) is 5.06. The molecule has 2 aromatic carbocycles. The summed E-state index contributed by atoms with van der Waals surface area (Å²) >= 11 is 0. The summed E-state index contributed by atoms with van der Waals surface area (Å²) in [5.41, 5.74) is 3.53. The van der Waals surface area contributed by atoms with E-state index in [0.29, 0.717) is 0 Å². The Hall–Kier alpha value is -2.81. The van der Waals surface area contributed by atoms with E-state index >= 15 is 0 Å². The number of nitrogens with zero attached hydrogens (tertiary/aromatic N) is 1. The number of ether oxygens (including phenoxy) is 1. The van der Waals surface area contributed by atoms with Gasteiger partial charge in [-0.15, -0.1) is 0 Å². The maximum absolute atomic E-state index is 12.1. The molecule has 3 nitrogen and oxygen atoms in total. The maximum Gasteiger partial charge on any atom is 0.250 e.